The molecule has 1 atom stereocenters. The number of carbonyl (C=O) groups excluding carboxylic acids is 1. The lowest BCUT2D eigenvalue weighted by molar-refractivity contribution is 0.0733. The number of benzene rings is 1. The SMILES string of the molecule is CC[C@@H]1CCCN1C(=O)c1ccc2c(c1)CCN2. The molecule has 0 aromatic heterocycles. The van der Waals surface area contributed by atoms with Gasteiger partial charge in [-0.05, 0) is 49.4 Å². The van der Waals surface area contributed by atoms with Crippen molar-refractivity contribution in [3.8, 4) is 0 Å². The van der Waals surface area contributed by atoms with Gasteiger partial charge in [0.15, 0.2) is 0 Å². The molecule has 3 heteroatoms. The van der Waals surface area contributed by atoms with Gasteiger partial charge < -0.3 is 10.2 Å². The Morgan fingerprint density at radius 2 is 2.39 bits per heavy atom. The zero-order valence-corrected chi connectivity index (χ0v) is 10.9. The second-order valence-corrected chi connectivity index (χ2v) is 5.25. The quantitative estimate of drug-likeness (QED) is 0.867. The monoisotopic (exact) mass is 244 g/mol. The number of hydrogen-bond acceptors (Lipinski definition) is 2. The summed E-state index contributed by atoms with van der Waals surface area (Å²) in [6, 6.07) is 6.53. The molecule has 2 aliphatic heterocycles. The predicted octanol–water partition coefficient (Wildman–Crippen LogP) is 2.67. The molecule has 1 amide bonds. The fourth-order valence-corrected chi connectivity index (χ4v) is 3.13. The standard InChI is InChI=1S/C15H20N2O/c1-2-13-4-3-9-17(13)15(18)12-5-6-14-11(10-12)7-8-16-14/h5-6,10,13,16H,2-4,7-9H2,1H3/t13-/m1/s1. The van der Waals surface area contributed by atoms with Crippen molar-refractivity contribution in [3.05, 3.63) is 29.3 Å². The third-order valence-electron chi connectivity index (χ3n) is 4.17. The molecule has 1 aromatic rings. The van der Waals surface area contributed by atoms with Crippen LogP contribution >= 0.6 is 0 Å². The van der Waals surface area contributed by atoms with Crippen LogP contribution in [0.5, 0.6) is 0 Å². The molecule has 2 aliphatic rings. The summed E-state index contributed by atoms with van der Waals surface area (Å²) in [6.07, 6.45) is 4.41. The summed E-state index contributed by atoms with van der Waals surface area (Å²) in [4.78, 5) is 14.6. The Hall–Kier alpha value is -1.51. The fraction of sp³-hybridized carbons (Fsp3) is 0.533. The number of likely N-dealkylation sites (tertiary alicyclic amines) is 1. The first kappa shape index (κ1) is 11.6. The van der Waals surface area contributed by atoms with Gasteiger partial charge in [-0.15, -0.1) is 0 Å². The van der Waals surface area contributed by atoms with Crippen LogP contribution < -0.4 is 5.32 Å². The minimum absolute atomic E-state index is 0.217. The molecule has 0 spiro atoms. The van der Waals surface area contributed by atoms with Crippen LogP contribution in [0.25, 0.3) is 0 Å². The molecule has 18 heavy (non-hydrogen) atoms. The minimum Gasteiger partial charge on any atom is -0.384 e. The maximum atomic E-state index is 12.5. The summed E-state index contributed by atoms with van der Waals surface area (Å²) in [7, 11) is 0. The second kappa shape index (κ2) is 4.63. The average Bonchev–Trinajstić information content (AvgIpc) is 3.05. The summed E-state index contributed by atoms with van der Waals surface area (Å²) in [6.45, 7) is 4.09. The number of anilines is 1. The van der Waals surface area contributed by atoms with E-state index < -0.39 is 0 Å². The fourth-order valence-electron chi connectivity index (χ4n) is 3.13. The van der Waals surface area contributed by atoms with E-state index in [1.165, 1.54) is 11.3 Å². The van der Waals surface area contributed by atoms with Crippen LogP contribution in [0, 0.1) is 0 Å². The topological polar surface area (TPSA) is 32.3 Å². The van der Waals surface area contributed by atoms with E-state index in [2.05, 4.69) is 23.2 Å². The third-order valence-corrected chi connectivity index (χ3v) is 4.17. The first-order valence-corrected chi connectivity index (χ1v) is 6.97. The van der Waals surface area contributed by atoms with Crippen LogP contribution in [-0.4, -0.2) is 29.9 Å². The zero-order valence-electron chi connectivity index (χ0n) is 10.9. The number of amides is 1. The van der Waals surface area contributed by atoms with Gasteiger partial charge in [-0.25, -0.2) is 0 Å². The van der Waals surface area contributed by atoms with E-state index in [0.29, 0.717) is 6.04 Å². The molecule has 1 aromatic carbocycles. The highest BCUT2D eigenvalue weighted by Crippen LogP contribution is 2.26. The van der Waals surface area contributed by atoms with Crippen molar-refractivity contribution < 1.29 is 4.79 Å². The molecule has 2 heterocycles. The van der Waals surface area contributed by atoms with Gasteiger partial charge >= 0.3 is 0 Å². The van der Waals surface area contributed by atoms with E-state index in [1.54, 1.807) is 0 Å². The second-order valence-electron chi connectivity index (χ2n) is 5.25. The first-order chi connectivity index (χ1) is 8.79. The van der Waals surface area contributed by atoms with Crippen molar-refractivity contribution in [2.75, 3.05) is 18.4 Å². The Morgan fingerprint density at radius 1 is 1.50 bits per heavy atom. The van der Waals surface area contributed by atoms with Gasteiger partial charge in [0.2, 0.25) is 0 Å². The van der Waals surface area contributed by atoms with E-state index >= 15 is 0 Å². The molecule has 0 unspecified atom stereocenters. The summed E-state index contributed by atoms with van der Waals surface area (Å²) in [5.41, 5.74) is 3.34. The molecule has 96 valence electrons. The highest BCUT2D eigenvalue weighted by Gasteiger charge is 2.28. The van der Waals surface area contributed by atoms with Crippen molar-refractivity contribution in [1.82, 2.24) is 4.90 Å². The van der Waals surface area contributed by atoms with Gasteiger partial charge in [0.1, 0.15) is 0 Å². The highest BCUT2D eigenvalue weighted by molar-refractivity contribution is 5.95. The minimum atomic E-state index is 0.217. The van der Waals surface area contributed by atoms with Gasteiger partial charge in [-0.2, -0.15) is 0 Å². The van der Waals surface area contributed by atoms with E-state index in [4.69, 9.17) is 0 Å². The Labute approximate surface area is 108 Å². The van der Waals surface area contributed by atoms with Gasteiger partial charge in [0.25, 0.3) is 5.91 Å². The Morgan fingerprint density at radius 3 is 3.22 bits per heavy atom. The van der Waals surface area contributed by atoms with Gasteiger partial charge in [0, 0.05) is 30.4 Å². The van der Waals surface area contributed by atoms with Crippen LogP contribution in [0.1, 0.15) is 42.1 Å². The Kier molecular flexibility index (Phi) is 2.98. The van der Waals surface area contributed by atoms with Crippen LogP contribution in [0.15, 0.2) is 18.2 Å². The molecule has 1 saturated heterocycles. The van der Waals surface area contributed by atoms with E-state index in [1.807, 2.05) is 12.1 Å². The molecule has 1 fully saturated rings. The van der Waals surface area contributed by atoms with E-state index in [9.17, 15) is 4.79 Å². The predicted molar refractivity (Wildman–Crippen MR) is 73.0 cm³/mol. The third kappa shape index (κ3) is 1.88. The molecular weight excluding hydrogens is 224 g/mol. The van der Waals surface area contributed by atoms with Crippen molar-refractivity contribution in [2.45, 2.75) is 38.6 Å². The number of nitrogens with one attached hydrogen (secondary N) is 1. The van der Waals surface area contributed by atoms with E-state index in [-0.39, 0.29) is 5.91 Å². The average molecular weight is 244 g/mol. The summed E-state index contributed by atoms with van der Waals surface area (Å²) < 4.78 is 0. The molecule has 3 rings (SSSR count). The Balaban J connectivity index is 1.84. The van der Waals surface area contributed by atoms with Crippen molar-refractivity contribution in [1.29, 1.82) is 0 Å². The van der Waals surface area contributed by atoms with Crippen LogP contribution in [-0.2, 0) is 6.42 Å². The van der Waals surface area contributed by atoms with Crippen molar-refractivity contribution in [2.24, 2.45) is 0 Å². The number of hydrogen-bond donors (Lipinski definition) is 1. The molecule has 0 saturated carbocycles. The molecular formula is C15H20N2O. The lowest BCUT2D eigenvalue weighted by atomic mass is 10.1. The van der Waals surface area contributed by atoms with Crippen LogP contribution in [0.4, 0.5) is 5.69 Å². The summed E-state index contributed by atoms with van der Waals surface area (Å²) >= 11 is 0. The zero-order chi connectivity index (χ0) is 12.5. The summed E-state index contributed by atoms with van der Waals surface area (Å²) in [5, 5.41) is 3.33. The number of fused-ring (bicyclic) bond motifs is 1. The maximum absolute atomic E-state index is 12.5. The lowest BCUT2D eigenvalue weighted by Crippen LogP contribution is -2.35. The van der Waals surface area contributed by atoms with Crippen LogP contribution in [0.2, 0.25) is 0 Å². The molecule has 0 radical (unpaired) electrons. The van der Waals surface area contributed by atoms with Gasteiger partial charge in [-0.3, -0.25) is 4.79 Å². The summed E-state index contributed by atoms with van der Waals surface area (Å²) in [5.74, 6) is 0.217. The van der Waals surface area contributed by atoms with E-state index in [0.717, 1.165) is 44.3 Å². The first-order valence-electron chi connectivity index (χ1n) is 6.97. The maximum Gasteiger partial charge on any atom is 0.254 e. The number of nitrogens with zero attached hydrogens (tertiary/aromatic N) is 1. The molecule has 3 nitrogen and oxygen atoms in total. The lowest BCUT2D eigenvalue weighted by Gasteiger charge is -2.23. The van der Waals surface area contributed by atoms with Crippen molar-refractivity contribution in [3.63, 3.8) is 0 Å². The highest BCUT2D eigenvalue weighted by atomic mass is 16.2. The van der Waals surface area contributed by atoms with Gasteiger partial charge in [-0.1, -0.05) is 6.92 Å². The number of carbonyl (C=O) groups is 1. The Bertz CT molecular complexity index is 470. The van der Waals surface area contributed by atoms with Crippen molar-refractivity contribution >= 4 is 11.6 Å². The molecule has 0 bridgehead atoms. The largest absolute Gasteiger partial charge is 0.384 e. The smallest absolute Gasteiger partial charge is 0.254 e. The normalized spacial score (nSPS) is 21.8. The number of rotatable bonds is 2. The molecule has 0 aliphatic carbocycles. The van der Waals surface area contributed by atoms with Crippen LogP contribution in [0.3, 0.4) is 0 Å². The van der Waals surface area contributed by atoms with Gasteiger partial charge in [0.05, 0.1) is 0 Å². The molecule has 1 N–H and O–H groups in total.